The molecule has 0 radical (unpaired) electrons. The summed E-state index contributed by atoms with van der Waals surface area (Å²) in [6.07, 6.45) is 1.02. The van der Waals surface area contributed by atoms with Gasteiger partial charge in [-0.2, -0.15) is 0 Å². The molecule has 0 saturated heterocycles. The molecule has 0 aromatic heterocycles. The molecule has 0 unspecified atom stereocenters. The number of methoxy groups -OCH3 is 1. The normalized spacial score (nSPS) is 10.4. The minimum Gasteiger partial charge on any atom is -0.489 e. The maximum atomic E-state index is 11.3. The van der Waals surface area contributed by atoms with Crippen LogP contribution in [0, 0.1) is 0 Å². The van der Waals surface area contributed by atoms with Gasteiger partial charge in [-0.1, -0.05) is 42.5 Å². The van der Waals surface area contributed by atoms with Crippen LogP contribution in [0.2, 0.25) is 0 Å². The van der Waals surface area contributed by atoms with Crippen molar-refractivity contribution < 1.29 is 23.7 Å². The highest BCUT2D eigenvalue weighted by molar-refractivity contribution is 5.69. The molecule has 0 N–H and O–H groups in total. The fourth-order valence-electron chi connectivity index (χ4n) is 3.26. The smallest absolute Gasteiger partial charge is 0.305 e. The third kappa shape index (κ3) is 6.87. The Morgan fingerprint density at radius 2 is 1.06 bits per heavy atom. The molecule has 0 atom stereocenters. The molecule has 0 spiro atoms. The fourth-order valence-corrected chi connectivity index (χ4v) is 3.26. The molecule has 5 nitrogen and oxygen atoms in total. The van der Waals surface area contributed by atoms with Crippen molar-refractivity contribution in [1.29, 1.82) is 0 Å². The SMILES string of the molecule is COC(=O)CCc1ccc(OCc2ccc(Oc3ccc(Oc4ccccc4)cc3)cc2)cc1. The zero-order valence-corrected chi connectivity index (χ0v) is 19.0. The molecule has 0 saturated carbocycles. The minimum atomic E-state index is -0.207. The number of rotatable bonds is 10. The van der Waals surface area contributed by atoms with Crippen molar-refractivity contribution in [2.75, 3.05) is 7.11 Å². The molecule has 0 aliphatic rings. The van der Waals surface area contributed by atoms with E-state index in [1.807, 2.05) is 103 Å². The van der Waals surface area contributed by atoms with E-state index in [2.05, 4.69) is 4.74 Å². The number of ether oxygens (including phenoxy) is 4. The Morgan fingerprint density at radius 3 is 1.62 bits per heavy atom. The maximum Gasteiger partial charge on any atom is 0.305 e. The zero-order valence-electron chi connectivity index (χ0n) is 19.0. The third-order valence-electron chi connectivity index (χ3n) is 5.14. The van der Waals surface area contributed by atoms with Crippen molar-refractivity contribution in [1.82, 2.24) is 0 Å². The number of esters is 1. The molecule has 34 heavy (non-hydrogen) atoms. The van der Waals surface area contributed by atoms with Crippen LogP contribution in [-0.4, -0.2) is 13.1 Å². The number of carbonyl (C=O) groups is 1. The van der Waals surface area contributed by atoms with E-state index in [0.29, 0.717) is 19.4 Å². The fraction of sp³-hybridized carbons (Fsp3) is 0.138. The minimum absolute atomic E-state index is 0.207. The lowest BCUT2D eigenvalue weighted by Crippen LogP contribution is -2.01. The van der Waals surface area contributed by atoms with Gasteiger partial charge >= 0.3 is 5.97 Å². The summed E-state index contributed by atoms with van der Waals surface area (Å²) < 4.78 is 22.3. The van der Waals surface area contributed by atoms with Crippen molar-refractivity contribution >= 4 is 5.97 Å². The van der Waals surface area contributed by atoms with Gasteiger partial charge < -0.3 is 18.9 Å². The quantitative estimate of drug-likeness (QED) is 0.243. The summed E-state index contributed by atoms with van der Waals surface area (Å²) >= 11 is 0. The van der Waals surface area contributed by atoms with E-state index >= 15 is 0 Å². The van der Waals surface area contributed by atoms with Crippen LogP contribution in [0.3, 0.4) is 0 Å². The largest absolute Gasteiger partial charge is 0.489 e. The number of hydrogen-bond donors (Lipinski definition) is 0. The van der Waals surface area contributed by atoms with E-state index < -0.39 is 0 Å². The predicted octanol–water partition coefficient (Wildman–Crippen LogP) is 6.96. The van der Waals surface area contributed by atoms with Gasteiger partial charge in [-0.05, 0) is 78.2 Å². The highest BCUT2D eigenvalue weighted by Crippen LogP contribution is 2.27. The lowest BCUT2D eigenvalue weighted by Gasteiger charge is -2.10. The van der Waals surface area contributed by atoms with Crippen molar-refractivity contribution in [3.8, 4) is 28.7 Å². The van der Waals surface area contributed by atoms with E-state index in [0.717, 1.165) is 39.9 Å². The van der Waals surface area contributed by atoms with Gasteiger partial charge in [0.15, 0.2) is 0 Å². The molecule has 0 heterocycles. The molecule has 4 aromatic carbocycles. The molecule has 0 aliphatic carbocycles. The van der Waals surface area contributed by atoms with Gasteiger partial charge in [-0.3, -0.25) is 4.79 Å². The number of hydrogen-bond acceptors (Lipinski definition) is 5. The van der Waals surface area contributed by atoms with Gasteiger partial charge in [0.1, 0.15) is 35.4 Å². The second-order valence-electron chi connectivity index (χ2n) is 7.64. The molecule has 0 bridgehead atoms. The Labute approximate surface area is 199 Å². The molecular formula is C29H26O5. The number of benzene rings is 4. The van der Waals surface area contributed by atoms with Gasteiger partial charge in [0.25, 0.3) is 0 Å². The van der Waals surface area contributed by atoms with Crippen LogP contribution in [0.4, 0.5) is 0 Å². The van der Waals surface area contributed by atoms with Gasteiger partial charge in [-0.25, -0.2) is 0 Å². The summed E-state index contributed by atoms with van der Waals surface area (Å²) in [6, 6.07) is 32.7. The summed E-state index contributed by atoms with van der Waals surface area (Å²) in [5.74, 6) is 3.60. The van der Waals surface area contributed by atoms with Crippen molar-refractivity contribution in [3.63, 3.8) is 0 Å². The van der Waals surface area contributed by atoms with E-state index in [1.54, 1.807) is 0 Å². The first kappa shape index (κ1) is 22.9. The summed E-state index contributed by atoms with van der Waals surface area (Å²) in [4.78, 5) is 11.3. The van der Waals surface area contributed by atoms with Crippen molar-refractivity contribution in [2.24, 2.45) is 0 Å². The average Bonchev–Trinajstić information content (AvgIpc) is 2.89. The number of para-hydroxylation sites is 1. The van der Waals surface area contributed by atoms with Crippen molar-refractivity contribution in [2.45, 2.75) is 19.4 Å². The van der Waals surface area contributed by atoms with Gasteiger partial charge in [0.2, 0.25) is 0 Å². The van der Waals surface area contributed by atoms with E-state index in [9.17, 15) is 4.79 Å². The van der Waals surface area contributed by atoms with Gasteiger partial charge in [-0.15, -0.1) is 0 Å². The second-order valence-corrected chi connectivity index (χ2v) is 7.64. The molecule has 172 valence electrons. The first-order valence-corrected chi connectivity index (χ1v) is 11.1. The maximum absolute atomic E-state index is 11.3. The monoisotopic (exact) mass is 454 g/mol. The molecular weight excluding hydrogens is 428 g/mol. The molecule has 0 aliphatic heterocycles. The van der Waals surface area contributed by atoms with Crippen LogP contribution in [0.15, 0.2) is 103 Å². The zero-order chi connectivity index (χ0) is 23.6. The Hall–Kier alpha value is -4.25. The molecule has 4 aromatic rings. The Balaban J connectivity index is 1.25. The highest BCUT2D eigenvalue weighted by atomic mass is 16.5. The lowest BCUT2D eigenvalue weighted by molar-refractivity contribution is -0.140. The lowest BCUT2D eigenvalue weighted by atomic mass is 10.1. The Morgan fingerprint density at radius 1 is 0.588 bits per heavy atom. The first-order valence-electron chi connectivity index (χ1n) is 11.1. The Kier molecular flexibility index (Phi) is 7.80. The second kappa shape index (κ2) is 11.6. The average molecular weight is 455 g/mol. The van der Waals surface area contributed by atoms with E-state index in [1.165, 1.54) is 7.11 Å². The topological polar surface area (TPSA) is 54.0 Å². The van der Waals surface area contributed by atoms with Crippen LogP contribution >= 0.6 is 0 Å². The van der Waals surface area contributed by atoms with Crippen LogP contribution in [0.5, 0.6) is 28.7 Å². The van der Waals surface area contributed by atoms with Gasteiger partial charge in [0.05, 0.1) is 7.11 Å². The summed E-state index contributed by atoms with van der Waals surface area (Å²) in [7, 11) is 1.40. The van der Waals surface area contributed by atoms with Crippen LogP contribution in [0.25, 0.3) is 0 Å². The van der Waals surface area contributed by atoms with E-state index in [-0.39, 0.29) is 5.97 Å². The van der Waals surface area contributed by atoms with Crippen LogP contribution in [-0.2, 0) is 22.6 Å². The van der Waals surface area contributed by atoms with Crippen LogP contribution in [0.1, 0.15) is 17.5 Å². The standard InChI is InChI=1S/C29H26O5/c1-31-29(30)20-11-22-7-12-24(13-8-22)32-21-23-9-14-26(15-10-23)34-28-18-16-27(17-19-28)33-25-5-3-2-4-6-25/h2-10,12-19H,11,20-21H2,1H3. The highest BCUT2D eigenvalue weighted by Gasteiger charge is 2.04. The summed E-state index contributed by atoms with van der Waals surface area (Å²) in [6.45, 7) is 0.452. The predicted molar refractivity (Wildman–Crippen MR) is 131 cm³/mol. The van der Waals surface area contributed by atoms with Crippen LogP contribution < -0.4 is 14.2 Å². The Bertz CT molecular complexity index is 1170. The molecule has 4 rings (SSSR count). The van der Waals surface area contributed by atoms with Crippen molar-refractivity contribution in [3.05, 3.63) is 114 Å². The molecule has 0 fully saturated rings. The molecule has 0 amide bonds. The van der Waals surface area contributed by atoms with Gasteiger partial charge in [0, 0.05) is 6.42 Å². The first-order chi connectivity index (χ1) is 16.7. The summed E-state index contributed by atoms with van der Waals surface area (Å²) in [5, 5.41) is 0. The number of aryl methyl sites for hydroxylation is 1. The van der Waals surface area contributed by atoms with E-state index in [4.69, 9.17) is 14.2 Å². The number of carbonyl (C=O) groups excluding carboxylic acids is 1. The molecule has 5 heteroatoms. The third-order valence-corrected chi connectivity index (χ3v) is 5.14. The summed E-state index contributed by atoms with van der Waals surface area (Å²) in [5.41, 5.74) is 2.10.